The number of fused-ring (bicyclic) bond motifs is 2. The van der Waals surface area contributed by atoms with E-state index in [0.717, 1.165) is 16.5 Å². The Morgan fingerprint density at radius 3 is 2.68 bits per heavy atom. The molecule has 0 unspecified atom stereocenters. The molecule has 0 fully saturated rings. The molecule has 6 rings (SSSR count). The first-order valence-electron chi connectivity index (χ1n) is 12.2. The lowest BCUT2D eigenvalue weighted by Gasteiger charge is -2.29. The van der Waals surface area contributed by atoms with E-state index in [2.05, 4.69) is 45.0 Å². The fourth-order valence-corrected chi connectivity index (χ4v) is 4.90. The van der Waals surface area contributed by atoms with Gasteiger partial charge in [-0.3, -0.25) is 4.79 Å². The van der Waals surface area contributed by atoms with Crippen molar-refractivity contribution in [2.75, 3.05) is 10.6 Å². The van der Waals surface area contributed by atoms with Crippen LogP contribution < -0.4 is 15.4 Å². The van der Waals surface area contributed by atoms with E-state index >= 15 is 0 Å². The fourth-order valence-electron chi connectivity index (χ4n) is 4.78. The summed E-state index contributed by atoms with van der Waals surface area (Å²) in [5.41, 5.74) is 3.84. The lowest BCUT2D eigenvalue weighted by atomic mass is 9.95. The summed E-state index contributed by atoms with van der Waals surface area (Å²) in [4.78, 5) is 17.9. The molecule has 38 heavy (non-hydrogen) atoms. The van der Waals surface area contributed by atoms with Gasteiger partial charge < -0.3 is 15.4 Å². The first kappa shape index (κ1) is 23.8. The van der Waals surface area contributed by atoms with Gasteiger partial charge >= 0.3 is 0 Å². The minimum atomic E-state index is -0.498. The summed E-state index contributed by atoms with van der Waals surface area (Å²) in [5, 5.41) is 13.5. The summed E-state index contributed by atoms with van der Waals surface area (Å²) >= 11 is 6.01. The van der Waals surface area contributed by atoms with Crippen molar-refractivity contribution in [3.05, 3.63) is 125 Å². The number of carbonyl (C=O) groups is 1. The number of hydrogen-bond donors (Lipinski definition) is 2. The predicted octanol–water partition coefficient (Wildman–Crippen LogP) is 6.59. The van der Waals surface area contributed by atoms with Gasteiger partial charge in [0.05, 0.1) is 5.57 Å². The topological polar surface area (TPSA) is 81.1 Å². The van der Waals surface area contributed by atoms with Crippen molar-refractivity contribution in [2.45, 2.75) is 19.6 Å². The first-order valence-corrected chi connectivity index (χ1v) is 12.6. The number of benzene rings is 4. The van der Waals surface area contributed by atoms with Crippen molar-refractivity contribution >= 4 is 39.9 Å². The van der Waals surface area contributed by atoms with Gasteiger partial charge in [0.2, 0.25) is 5.95 Å². The normalized spacial score (nSPS) is 14.6. The largest absolute Gasteiger partial charge is 0.489 e. The quantitative estimate of drug-likeness (QED) is 0.263. The van der Waals surface area contributed by atoms with Crippen molar-refractivity contribution in [1.29, 1.82) is 0 Å². The number of hydrogen-bond acceptors (Lipinski definition) is 5. The third-order valence-electron chi connectivity index (χ3n) is 6.59. The van der Waals surface area contributed by atoms with Gasteiger partial charge in [-0.05, 0) is 65.2 Å². The number of nitrogens with one attached hydrogen (secondary N) is 2. The van der Waals surface area contributed by atoms with Gasteiger partial charge in [0.1, 0.15) is 24.7 Å². The van der Waals surface area contributed by atoms with Crippen LogP contribution in [0.5, 0.6) is 5.75 Å². The van der Waals surface area contributed by atoms with Crippen molar-refractivity contribution < 1.29 is 9.53 Å². The molecule has 1 amide bonds. The van der Waals surface area contributed by atoms with Crippen LogP contribution in [-0.4, -0.2) is 20.7 Å². The van der Waals surface area contributed by atoms with E-state index in [1.54, 1.807) is 28.9 Å². The highest BCUT2D eigenvalue weighted by atomic mass is 35.5. The Morgan fingerprint density at radius 2 is 1.82 bits per heavy atom. The molecule has 1 aliphatic heterocycles. The molecule has 0 saturated carbocycles. The molecule has 0 radical (unpaired) electrons. The summed E-state index contributed by atoms with van der Waals surface area (Å²) in [5.74, 6) is 1.02. The highest BCUT2D eigenvalue weighted by Gasteiger charge is 2.33. The zero-order chi connectivity index (χ0) is 26.1. The van der Waals surface area contributed by atoms with E-state index in [-0.39, 0.29) is 5.91 Å². The second-order valence-corrected chi connectivity index (χ2v) is 9.49. The summed E-state index contributed by atoms with van der Waals surface area (Å²) < 4.78 is 7.96. The van der Waals surface area contributed by atoms with Crippen LogP contribution in [0.15, 0.2) is 109 Å². The van der Waals surface area contributed by atoms with Gasteiger partial charge in [0.25, 0.3) is 5.91 Å². The number of allylic oxidation sites excluding steroid dienone is 1. The number of ether oxygens (including phenoxy) is 1. The molecule has 8 heteroatoms. The molecule has 0 bridgehead atoms. The minimum absolute atomic E-state index is 0.245. The van der Waals surface area contributed by atoms with E-state index in [4.69, 9.17) is 16.3 Å². The zero-order valence-corrected chi connectivity index (χ0v) is 21.3. The Labute approximate surface area is 224 Å². The molecule has 5 aromatic rings. The van der Waals surface area contributed by atoms with Crippen LogP contribution in [0.1, 0.15) is 24.1 Å². The molecule has 4 aromatic carbocycles. The van der Waals surface area contributed by atoms with Crippen molar-refractivity contribution in [3.8, 4) is 5.75 Å². The number of halogens is 1. The molecule has 1 aliphatic rings. The average molecular weight is 522 g/mol. The molecule has 7 nitrogen and oxygen atoms in total. The monoisotopic (exact) mass is 521 g/mol. The molecule has 0 spiro atoms. The summed E-state index contributed by atoms with van der Waals surface area (Å²) in [7, 11) is 0. The molecular formula is C30H24ClN5O2. The minimum Gasteiger partial charge on any atom is -0.489 e. The summed E-state index contributed by atoms with van der Waals surface area (Å²) in [6.45, 7) is 2.28. The second kappa shape index (κ2) is 10.0. The van der Waals surface area contributed by atoms with Crippen molar-refractivity contribution in [2.24, 2.45) is 0 Å². The van der Waals surface area contributed by atoms with Gasteiger partial charge in [-0.25, -0.2) is 4.68 Å². The standard InChI is InChI=1S/C30H24ClN5O2/c1-19-27(29(37)35-24-14-12-23(31)13-15-24)28(36-30(34-19)32-18-33-36)21-8-5-10-25(16-21)38-17-22-9-4-7-20-6-2-3-11-26(20)22/h2-16,18,28H,17H2,1H3,(H,35,37)(H,32,33,34)/t28-/m0/s1. The van der Waals surface area contributed by atoms with Crippen molar-refractivity contribution in [3.63, 3.8) is 0 Å². The Morgan fingerprint density at radius 1 is 1.03 bits per heavy atom. The number of nitrogens with zero attached hydrogens (tertiary/aromatic N) is 3. The van der Waals surface area contributed by atoms with E-state index < -0.39 is 6.04 Å². The second-order valence-electron chi connectivity index (χ2n) is 9.05. The maximum Gasteiger partial charge on any atom is 0.255 e. The van der Waals surface area contributed by atoms with E-state index in [1.807, 2.05) is 49.4 Å². The molecule has 1 atom stereocenters. The Balaban J connectivity index is 1.31. The molecule has 0 aliphatic carbocycles. The van der Waals surface area contributed by atoms with Crippen molar-refractivity contribution in [1.82, 2.24) is 14.8 Å². The molecule has 188 valence electrons. The summed E-state index contributed by atoms with van der Waals surface area (Å²) in [6, 6.07) is 28.8. The van der Waals surface area contributed by atoms with E-state index in [0.29, 0.717) is 40.3 Å². The maximum absolute atomic E-state index is 13.6. The van der Waals surface area contributed by atoms with Crippen LogP contribution in [0, 0.1) is 0 Å². The SMILES string of the molecule is CC1=C(C(=O)Nc2ccc(Cl)cc2)[C@H](c2cccc(OCc3cccc4ccccc34)c2)n2ncnc2N1. The van der Waals surface area contributed by atoms with Crippen LogP contribution in [0.3, 0.4) is 0 Å². The average Bonchev–Trinajstić information content (AvgIpc) is 3.40. The highest BCUT2D eigenvalue weighted by Crippen LogP contribution is 2.36. The maximum atomic E-state index is 13.6. The number of rotatable bonds is 6. The van der Waals surface area contributed by atoms with Gasteiger partial charge in [-0.15, -0.1) is 0 Å². The van der Waals surface area contributed by atoms with Crippen LogP contribution in [-0.2, 0) is 11.4 Å². The molecule has 2 N–H and O–H groups in total. The number of anilines is 2. The lowest BCUT2D eigenvalue weighted by molar-refractivity contribution is -0.113. The van der Waals surface area contributed by atoms with Crippen LogP contribution >= 0.6 is 11.6 Å². The molecule has 1 aromatic heterocycles. The van der Waals surface area contributed by atoms with Crippen LogP contribution in [0.25, 0.3) is 10.8 Å². The number of aromatic nitrogens is 3. The first-order chi connectivity index (χ1) is 18.6. The predicted molar refractivity (Wildman–Crippen MR) is 149 cm³/mol. The zero-order valence-electron chi connectivity index (χ0n) is 20.6. The van der Waals surface area contributed by atoms with Gasteiger partial charge in [-0.2, -0.15) is 10.1 Å². The molecular weight excluding hydrogens is 498 g/mol. The molecule has 2 heterocycles. The highest BCUT2D eigenvalue weighted by molar-refractivity contribution is 6.30. The van der Waals surface area contributed by atoms with Crippen LogP contribution in [0.4, 0.5) is 11.6 Å². The van der Waals surface area contributed by atoms with E-state index in [1.165, 1.54) is 11.7 Å². The van der Waals surface area contributed by atoms with Crippen LogP contribution in [0.2, 0.25) is 5.02 Å². The smallest absolute Gasteiger partial charge is 0.255 e. The van der Waals surface area contributed by atoms with Gasteiger partial charge in [0, 0.05) is 16.4 Å². The summed E-state index contributed by atoms with van der Waals surface area (Å²) in [6.07, 6.45) is 1.48. The fraction of sp³-hybridized carbons (Fsp3) is 0.100. The number of carbonyl (C=O) groups excluding carboxylic acids is 1. The third-order valence-corrected chi connectivity index (χ3v) is 6.84. The Kier molecular flexibility index (Phi) is 6.27. The third kappa shape index (κ3) is 4.60. The molecule has 0 saturated heterocycles. The Hall–Kier alpha value is -4.62. The lowest BCUT2D eigenvalue weighted by Crippen LogP contribution is -2.31. The Bertz CT molecular complexity index is 1670. The van der Waals surface area contributed by atoms with Gasteiger partial charge in [0.15, 0.2) is 0 Å². The number of amides is 1. The van der Waals surface area contributed by atoms with E-state index in [9.17, 15) is 4.79 Å². The van der Waals surface area contributed by atoms with Gasteiger partial charge in [-0.1, -0.05) is 66.2 Å².